The molecule has 1 aromatic heterocycles. The number of benzene rings is 2. The number of thiocarbonyl (C=S) groups is 2. The Balaban J connectivity index is 1.56. The first-order valence-electron chi connectivity index (χ1n) is 8.73. The van der Waals surface area contributed by atoms with Gasteiger partial charge in [-0.15, -0.1) is 0 Å². The predicted molar refractivity (Wildman–Crippen MR) is 127 cm³/mol. The van der Waals surface area contributed by atoms with Crippen LogP contribution in [0.5, 0.6) is 5.75 Å². The molecule has 1 fully saturated rings. The van der Waals surface area contributed by atoms with E-state index in [2.05, 4.69) is 0 Å². The van der Waals surface area contributed by atoms with Crippen LogP contribution in [0.1, 0.15) is 5.76 Å². The van der Waals surface area contributed by atoms with Gasteiger partial charge in [-0.3, -0.25) is 15.0 Å². The maximum Gasteiger partial charge on any atom is 0.269 e. The van der Waals surface area contributed by atoms with E-state index in [0.29, 0.717) is 20.8 Å². The molecule has 0 bridgehead atoms. The number of nitro benzene ring substituents is 1. The molecule has 6 nitrogen and oxygen atoms in total. The Bertz CT molecular complexity index is 1170. The van der Waals surface area contributed by atoms with Crippen molar-refractivity contribution in [1.29, 1.82) is 0 Å². The molecule has 2 heterocycles. The molecule has 0 atom stereocenters. The van der Waals surface area contributed by atoms with Crippen molar-refractivity contribution in [2.45, 2.75) is 0 Å². The number of hydrogen-bond donors (Lipinski definition) is 0. The van der Waals surface area contributed by atoms with Gasteiger partial charge in [-0.25, -0.2) is 0 Å². The van der Waals surface area contributed by atoms with E-state index in [1.807, 2.05) is 47.4 Å². The highest BCUT2D eigenvalue weighted by Crippen LogP contribution is 2.38. The Morgan fingerprint density at radius 2 is 1.77 bits per heavy atom. The molecule has 4 rings (SSSR count). The Kier molecular flexibility index (Phi) is 5.67. The number of ether oxygens (including phenoxy) is 1. The molecule has 1 saturated heterocycles. The fraction of sp³-hybridized carbons (Fsp3) is 0.0476. The molecule has 9 heteroatoms. The second kappa shape index (κ2) is 8.39. The van der Waals surface area contributed by atoms with Crippen LogP contribution in [-0.4, -0.2) is 21.3 Å². The van der Waals surface area contributed by atoms with Crippen LogP contribution in [0.2, 0.25) is 0 Å². The molecule has 3 aromatic rings. The topological polar surface area (TPSA) is 68.8 Å². The average Bonchev–Trinajstić information content (AvgIpc) is 3.33. The van der Waals surface area contributed by atoms with Crippen molar-refractivity contribution >= 4 is 63.0 Å². The highest BCUT2D eigenvalue weighted by atomic mass is 32.2. The van der Waals surface area contributed by atoms with Crippen molar-refractivity contribution in [3.8, 4) is 17.1 Å². The summed E-state index contributed by atoms with van der Waals surface area (Å²) in [5, 5.41) is 10.8. The third-order valence-corrected chi connectivity index (χ3v) is 6.24. The van der Waals surface area contributed by atoms with Crippen LogP contribution in [0.4, 0.5) is 11.4 Å². The van der Waals surface area contributed by atoms with Gasteiger partial charge in [0.2, 0.25) is 0 Å². The number of non-ortho nitro benzene ring substituents is 1. The van der Waals surface area contributed by atoms with Gasteiger partial charge < -0.3 is 9.15 Å². The monoisotopic (exact) mass is 454 g/mol. The minimum Gasteiger partial charge on any atom is -0.497 e. The number of rotatable bonds is 5. The second-order valence-electron chi connectivity index (χ2n) is 6.22. The minimum atomic E-state index is -0.433. The summed E-state index contributed by atoms with van der Waals surface area (Å²) >= 11 is 12.5. The molecule has 1 aliphatic heterocycles. The summed E-state index contributed by atoms with van der Waals surface area (Å²) in [6.07, 6.45) is 1.84. The van der Waals surface area contributed by atoms with Gasteiger partial charge in [0.25, 0.3) is 5.69 Å². The fourth-order valence-electron chi connectivity index (χ4n) is 2.88. The van der Waals surface area contributed by atoms with E-state index in [9.17, 15) is 10.1 Å². The van der Waals surface area contributed by atoms with Crippen LogP contribution in [0, 0.1) is 10.1 Å². The van der Waals surface area contributed by atoms with E-state index in [0.717, 1.165) is 21.9 Å². The third kappa shape index (κ3) is 4.00. The normalized spacial score (nSPS) is 15.1. The van der Waals surface area contributed by atoms with Gasteiger partial charge in [-0.2, -0.15) is 0 Å². The summed E-state index contributed by atoms with van der Waals surface area (Å²) in [5.74, 6) is 1.99. The van der Waals surface area contributed by atoms with Crippen LogP contribution >= 0.6 is 36.2 Å². The molecule has 0 amide bonds. The summed E-state index contributed by atoms with van der Waals surface area (Å²) in [4.78, 5) is 13.6. The van der Waals surface area contributed by atoms with Crippen molar-refractivity contribution < 1.29 is 14.1 Å². The molecular formula is C21H14N2O4S3. The summed E-state index contributed by atoms with van der Waals surface area (Å²) in [7, 11) is 1.62. The van der Waals surface area contributed by atoms with E-state index in [1.165, 1.54) is 23.9 Å². The molecule has 0 unspecified atom stereocenters. The Morgan fingerprint density at radius 3 is 2.40 bits per heavy atom. The molecule has 1 aliphatic rings. The fourth-order valence-corrected chi connectivity index (χ4v) is 4.68. The van der Waals surface area contributed by atoms with E-state index in [-0.39, 0.29) is 5.69 Å². The standard InChI is InChI=1S/C21H14N2O4S3/c1-26-16-8-6-14(7-9-16)22-20(28)19(30-21(22)29)12-17-10-11-18(27-17)13-2-4-15(5-3-13)23(24)25/h2-12H,1H3/b19-12-. The van der Waals surface area contributed by atoms with E-state index in [1.54, 1.807) is 19.2 Å². The first-order chi connectivity index (χ1) is 14.5. The Morgan fingerprint density at radius 1 is 1.07 bits per heavy atom. The molecule has 0 spiro atoms. The summed E-state index contributed by atoms with van der Waals surface area (Å²) in [6.45, 7) is 0. The third-order valence-electron chi connectivity index (χ3n) is 4.39. The van der Waals surface area contributed by atoms with Gasteiger partial charge >= 0.3 is 0 Å². The lowest BCUT2D eigenvalue weighted by atomic mass is 10.1. The molecule has 0 aliphatic carbocycles. The number of nitrogens with zero attached hydrogens (tertiary/aromatic N) is 2. The molecule has 0 saturated carbocycles. The molecule has 150 valence electrons. The van der Waals surface area contributed by atoms with Crippen LogP contribution < -0.4 is 9.64 Å². The van der Waals surface area contributed by atoms with Gasteiger partial charge in [0, 0.05) is 23.4 Å². The van der Waals surface area contributed by atoms with Crippen LogP contribution in [0.3, 0.4) is 0 Å². The number of thioether (sulfide) groups is 1. The lowest BCUT2D eigenvalue weighted by Gasteiger charge is -2.17. The Labute approximate surface area is 187 Å². The van der Waals surface area contributed by atoms with Crippen LogP contribution in [-0.2, 0) is 0 Å². The van der Waals surface area contributed by atoms with Crippen molar-refractivity contribution in [2.24, 2.45) is 0 Å². The number of hydrogen-bond acceptors (Lipinski definition) is 7. The first kappa shape index (κ1) is 20.3. The molecule has 2 aromatic carbocycles. The quantitative estimate of drug-likeness (QED) is 0.199. The van der Waals surface area contributed by atoms with E-state index in [4.69, 9.17) is 33.6 Å². The maximum atomic E-state index is 10.8. The number of methoxy groups -OCH3 is 1. The minimum absolute atomic E-state index is 0.0347. The first-order valence-corrected chi connectivity index (χ1v) is 10.4. The van der Waals surface area contributed by atoms with Gasteiger partial charge in [0.05, 0.1) is 16.9 Å². The maximum absolute atomic E-state index is 10.8. The van der Waals surface area contributed by atoms with Gasteiger partial charge in [0.1, 0.15) is 22.3 Å². The summed E-state index contributed by atoms with van der Waals surface area (Å²) in [5.41, 5.74) is 1.66. The Hall–Kier alpha value is -3.01. The average molecular weight is 455 g/mol. The van der Waals surface area contributed by atoms with Crippen molar-refractivity contribution in [2.75, 3.05) is 12.0 Å². The van der Waals surface area contributed by atoms with E-state index < -0.39 is 4.92 Å². The highest BCUT2D eigenvalue weighted by molar-refractivity contribution is 8.28. The smallest absolute Gasteiger partial charge is 0.269 e. The lowest BCUT2D eigenvalue weighted by Crippen LogP contribution is -2.25. The van der Waals surface area contributed by atoms with Crippen molar-refractivity contribution in [3.05, 3.63) is 81.4 Å². The van der Waals surface area contributed by atoms with Crippen LogP contribution in [0.15, 0.2) is 70.0 Å². The summed E-state index contributed by atoms with van der Waals surface area (Å²) in [6, 6.07) is 17.4. The van der Waals surface area contributed by atoms with Crippen LogP contribution in [0.25, 0.3) is 17.4 Å². The molecule has 0 radical (unpaired) electrons. The molecule has 0 N–H and O–H groups in total. The zero-order chi connectivity index (χ0) is 21.3. The van der Waals surface area contributed by atoms with Gasteiger partial charge in [-0.05, 0) is 54.6 Å². The molecular weight excluding hydrogens is 440 g/mol. The zero-order valence-electron chi connectivity index (χ0n) is 15.6. The second-order valence-corrected chi connectivity index (χ2v) is 8.28. The number of anilines is 1. The predicted octanol–water partition coefficient (Wildman–Crippen LogP) is 6.07. The van der Waals surface area contributed by atoms with Crippen molar-refractivity contribution in [3.63, 3.8) is 0 Å². The van der Waals surface area contributed by atoms with Gasteiger partial charge in [0.15, 0.2) is 4.32 Å². The van der Waals surface area contributed by atoms with E-state index >= 15 is 0 Å². The van der Waals surface area contributed by atoms with Crippen molar-refractivity contribution in [1.82, 2.24) is 0 Å². The SMILES string of the molecule is COc1ccc(N2C(=S)S/C(=C\c3ccc(-c4ccc([N+](=O)[O-])cc4)o3)C2=S)cc1. The zero-order valence-corrected chi connectivity index (χ0v) is 18.1. The number of nitro groups is 1. The van der Waals surface area contributed by atoms with Gasteiger partial charge in [-0.1, -0.05) is 36.2 Å². The lowest BCUT2D eigenvalue weighted by molar-refractivity contribution is -0.384. The summed E-state index contributed by atoms with van der Waals surface area (Å²) < 4.78 is 11.7. The molecule has 30 heavy (non-hydrogen) atoms. The highest BCUT2D eigenvalue weighted by Gasteiger charge is 2.30. The largest absolute Gasteiger partial charge is 0.497 e. The number of furan rings is 1.